The van der Waals surface area contributed by atoms with Crippen molar-refractivity contribution in [2.45, 2.75) is 24.0 Å². The third kappa shape index (κ3) is 4.86. The summed E-state index contributed by atoms with van der Waals surface area (Å²) in [6.07, 6.45) is 0. The Labute approximate surface area is 173 Å². The summed E-state index contributed by atoms with van der Waals surface area (Å²) in [6.45, 7) is 3.98. The van der Waals surface area contributed by atoms with Crippen molar-refractivity contribution >= 4 is 46.6 Å². The van der Waals surface area contributed by atoms with E-state index >= 15 is 0 Å². The number of nitrogens with one attached hydrogen (secondary N) is 1. The van der Waals surface area contributed by atoms with Crippen molar-refractivity contribution in [1.82, 2.24) is 0 Å². The van der Waals surface area contributed by atoms with Crippen LogP contribution in [0, 0.1) is 13.8 Å². The quantitative estimate of drug-likeness (QED) is 0.450. The Hall–Kier alpha value is -1.94. The van der Waals surface area contributed by atoms with Gasteiger partial charge in [0.1, 0.15) is 5.25 Å². The summed E-state index contributed by atoms with van der Waals surface area (Å²) in [5.41, 5.74) is 3.81. The van der Waals surface area contributed by atoms with Crippen molar-refractivity contribution in [3.05, 3.63) is 93.5 Å². The molecule has 1 atom stereocenters. The van der Waals surface area contributed by atoms with Crippen LogP contribution in [0.5, 0.6) is 0 Å². The SMILES string of the molecule is Cc1ccc(C)c(NC(=O)[C@H](Sc2c(Cl)cccc2Cl)c2ccccc2)c1. The second-order valence-electron chi connectivity index (χ2n) is 6.27. The van der Waals surface area contributed by atoms with E-state index in [9.17, 15) is 4.79 Å². The molecule has 0 heterocycles. The number of anilines is 1. The largest absolute Gasteiger partial charge is 0.325 e. The van der Waals surface area contributed by atoms with E-state index in [0.29, 0.717) is 14.9 Å². The fourth-order valence-electron chi connectivity index (χ4n) is 2.68. The number of carbonyl (C=O) groups excluding carboxylic acids is 1. The maximum atomic E-state index is 13.2. The lowest BCUT2D eigenvalue weighted by molar-refractivity contribution is -0.115. The number of hydrogen-bond acceptors (Lipinski definition) is 2. The van der Waals surface area contributed by atoms with Gasteiger partial charge in [0, 0.05) is 10.6 Å². The highest BCUT2D eigenvalue weighted by Crippen LogP contribution is 2.43. The highest BCUT2D eigenvalue weighted by atomic mass is 35.5. The molecule has 0 aliphatic rings. The van der Waals surface area contributed by atoms with Gasteiger partial charge >= 0.3 is 0 Å². The van der Waals surface area contributed by atoms with Crippen LogP contribution in [0.4, 0.5) is 5.69 Å². The van der Waals surface area contributed by atoms with Gasteiger partial charge in [-0.15, -0.1) is 11.8 Å². The van der Waals surface area contributed by atoms with E-state index in [1.54, 1.807) is 18.2 Å². The fourth-order valence-corrected chi connectivity index (χ4v) is 4.40. The van der Waals surface area contributed by atoms with Gasteiger partial charge in [0.25, 0.3) is 0 Å². The van der Waals surface area contributed by atoms with Gasteiger partial charge in [-0.2, -0.15) is 0 Å². The number of aryl methyl sites for hydroxylation is 2. The molecule has 0 aromatic heterocycles. The zero-order chi connectivity index (χ0) is 19.4. The molecule has 0 aliphatic heterocycles. The van der Waals surface area contributed by atoms with Crippen LogP contribution >= 0.6 is 35.0 Å². The minimum Gasteiger partial charge on any atom is -0.325 e. The molecule has 0 fully saturated rings. The topological polar surface area (TPSA) is 29.1 Å². The van der Waals surface area contributed by atoms with Crippen LogP contribution < -0.4 is 5.32 Å². The van der Waals surface area contributed by atoms with E-state index in [4.69, 9.17) is 23.2 Å². The Balaban J connectivity index is 1.95. The molecule has 138 valence electrons. The van der Waals surface area contributed by atoms with E-state index in [2.05, 4.69) is 5.32 Å². The summed E-state index contributed by atoms with van der Waals surface area (Å²) in [4.78, 5) is 13.9. The first-order chi connectivity index (χ1) is 13.0. The van der Waals surface area contributed by atoms with Gasteiger partial charge in [0.15, 0.2) is 0 Å². The molecule has 0 aliphatic carbocycles. The molecule has 2 nitrogen and oxygen atoms in total. The van der Waals surface area contributed by atoms with Crippen molar-refractivity contribution in [1.29, 1.82) is 0 Å². The average Bonchev–Trinajstić information content (AvgIpc) is 2.65. The summed E-state index contributed by atoms with van der Waals surface area (Å²) < 4.78 is 0. The maximum absolute atomic E-state index is 13.2. The number of halogens is 2. The summed E-state index contributed by atoms with van der Waals surface area (Å²) in [5, 5.41) is 3.65. The molecular weight excluding hydrogens is 397 g/mol. The zero-order valence-electron chi connectivity index (χ0n) is 15.0. The molecule has 0 saturated carbocycles. The Morgan fingerprint density at radius 1 is 0.926 bits per heavy atom. The highest BCUT2D eigenvalue weighted by Gasteiger charge is 2.24. The monoisotopic (exact) mass is 415 g/mol. The Kier molecular flexibility index (Phi) is 6.48. The lowest BCUT2D eigenvalue weighted by Gasteiger charge is -2.19. The van der Waals surface area contributed by atoms with Gasteiger partial charge in [0.2, 0.25) is 5.91 Å². The highest BCUT2D eigenvalue weighted by molar-refractivity contribution is 8.00. The summed E-state index contributed by atoms with van der Waals surface area (Å²) in [6, 6.07) is 21.0. The van der Waals surface area contributed by atoms with E-state index in [1.807, 2.05) is 62.4 Å². The van der Waals surface area contributed by atoms with Crippen molar-refractivity contribution in [2.75, 3.05) is 5.32 Å². The van der Waals surface area contributed by atoms with E-state index < -0.39 is 5.25 Å². The molecule has 0 radical (unpaired) electrons. The zero-order valence-corrected chi connectivity index (χ0v) is 17.3. The predicted molar refractivity (Wildman–Crippen MR) is 116 cm³/mol. The molecule has 0 unspecified atom stereocenters. The molecule has 0 saturated heterocycles. The van der Waals surface area contributed by atoms with Gasteiger partial charge < -0.3 is 5.32 Å². The van der Waals surface area contributed by atoms with E-state index in [1.165, 1.54) is 11.8 Å². The molecule has 3 aromatic carbocycles. The van der Waals surface area contributed by atoms with Gasteiger partial charge in [-0.25, -0.2) is 0 Å². The standard InChI is InChI=1S/C22H19Cl2NOS/c1-14-11-12-15(2)19(13-14)25-22(26)20(16-7-4-3-5-8-16)27-21-17(23)9-6-10-18(21)24/h3-13,20H,1-2H3,(H,25,26)/t20-/m1/s1. The Bertz CT molecular complexity index is 940. The minimum absolute atomic E-state index is 0.115. The number of amides is 1. The van der Waals surface area contributed by atoms with Crippen molar-refractivity contribution < 1.29 is 4.79 Å². The molecule has 3 aromatic rings. The number of rotatable bonds is 5. The third-order valence-corrected chi connectivity index (χ3v) is 6.40. The molecular formula is C22H19Cl2NOS. The first kappa shape index (κ1) is 19.8. The van der Waals surface area contributed by atoms with Gasteiger partial charge in [-0.05, 0) is 48.7 Å². The molecule has 3 rings (SSSR count). The fraction of sp³-hybridized carbons (Fsp3) is 0.136. The summed E-state index contributed by atoms with van der Waals surface area (Å²) in [7, 11) is 0. The van der Waals surface area contributed by atoms with Crippen LogP contribution in [0.1, 0.15) is 21.9 Å². The van der Waals surface area contributed by atoms with Gasteiger partial charge in [0.05, 0.1) is 10.0 Å². The molecule has 5 heteroatoms. The molecule has 0 bridgehead atoms. The van der Waals surface area contributed by atoms with Crippen LogP contribution in [0.15, 0.2) is 71.6 Å². The summed E-state index contributed by atoms with van der Waals surface area (Å²) >= 11 is 14.0. The third-order valence-electron chi connectivity index (χ3n) is 4.15. The van der Waals surface area contributed by atoms with E-state index in [-0.39, 0.29) is 5.91 Å². The van der Waals surface area contributed by atoms with Crippen LogP contribution in [-0.2, 0) is 4.79 Å². The molecule has 27 heavy (non-hydrogen) atoms. The van der Waals surface area contributed by atoms with Crippen LogP contribution in [0.25, 0.3) is 0 Å². The number of carbonyl (C=O) groups is 1. The lowest BCUT2D eigenvalue weighted by Crippen LogP contribution is -2.19. The van der Waals surface area contributed by atoms with Crippen molar-refractivity contribution in [3.63, 3.8) is 0 Å². The van der Waals surface area contributed by atoms with Crippen molar-refractivity contribution in [2.24, 2.45) is 0 Å². The van der Waals surface area contributed by atoms with Crippen LogP contribution in [-0.4, -0.2) is 5.91 Å². The smallest absolute Gasteiger partial charge is 0.242 e. The Morgan fingerprint density at radius 2 is 1.59 bits per heavy atom. The van der Waals surface area contributed by atoms with Crippen LogP contribution in [0.2, 0.25) is 10.0 Å². The van der Waals surface area contributed by atoms with Gasteiger partial charge in [-0.3, -0.25) is 4.79 Å². The predicted octanol–water partition coefficient (Wildman–Crippen LogP) is 7.08. The number of thioether (sulfide) groups is 1. The average molecular weight is 416 g/mol. The minimum atomic E-state index is -0.483. The van der Waals surface area contributed by atoms with Gasteiger partial charge in [-0.1, -0.05) is 71.7 Å². The first-order valence-corrected chi connectivity index (χ1v) is 10.1. The molecule has 0 spiro atoms. The number of hydrogen-bond donors (Lipinski definition) is 1. The molecule has 1 amide bonds. The summed E-state index contributed by atoms with van der Waals surface area (Å²) in [5.74, 6) is -0.115. The first-order valence-electron chi connectivity index (χ1n) is 8.49. The number of benzene rings is 3. The second kappa shape index (κ2) is 8.83. The normalized spacial score (nSPS) is 11.9. The Morgan fingerprint density at radius 3 is 2.26 bits per heavy atom. The van der Waals surface area contributed by atoms with E-state index in [0.717, 1.165) is 22.4 Å². The molecule has 1 N–H and O–H groups in total. The van der Waals surface area contributed by atoms with Crippen molar-refractivity contribution in [3.8, 4) is 0 Å². The van der Waals surface area contributed by atoms with Crippen LogP contribution in [0.3, 0.4) is 0 Å². The lowest BCUT2D eigenvalue weighted by atomic mass is 10.1. The second-order valence-corrected chi connectivity index (χ2v) is 8.20. The maximum Gasteiger partial charge on any atom is 0.242 e.